The van der Waals surface area contributed by atoms with E-state index >= 15 is 0 Å². The lowest BCUT2D eigenvalue weighted by Crippen LogP contribution is -2.37. The summed E-state index contributed by atoms with van der Waals surface area (Å²) in [6, 6.07) is 12.6. The van der Waals surface area contributed by atoms with E-state index in [0.717, 1.165) is 30.2 Å². The van der Waals surface area contributed by atoms with Gasteiger partial charge in [-0.1, -0.05) is 18.2 Å². The first-order valence-electron chi connectivity index (χ1n) is 9.98. The first kappa shape index (κ1) is 22.7. The third-order valence-electron chi connectivity index (χ3n) is 4.89. The number of ether oxygens (including phenoxy) is 2. The maximum atomic E-state index is 12.6. The van der Waals surface area contributed by atoms with Crippen LogP contribution in [-0.4, -0.2) is 53.9 Å². The van der Waals surface area contributed by atoms with Crippen LogP contribution in [0.5, 0.6) is 5.75 Å². The van der Waals surface area contributed by atoms with E-state index in [4.69, 9.17) is 9.47 Å². The molecule has 2 aromatic rings. The molecule has 0 bridgehead atoms. The fourth-order valence-corrected chi connectivity index (χ4v) is 3.03. The number of rotatable bonds is 10. The second kappa shape index (κ2) is 10.4. The number of nitro groups is 1. The Morgan fingerprint density at radius 2 is 1.88 bits per heavy atom. The molecule has 0 aromatic heterocycles. The van der Waals surface area contributed by atoms with Crippen LogP contribution < -0.4 is 10.1 Å². The molecule has 1 N–H and O–H groups in total. The predicted molar refractivity (Wildman–Crippen MR) is 113 cm³/mol. The van der Waals surface area contributed by atoms with Gasteiger partial charge < -0.3 is 19.7 Å². The highest BCUT2D eigenvalue weighted by Gasteiger charge is 2.33. The number of amides is 2. The maximum Gasteiger partial charge on any atom is 0.325 e. The number of esters is 1. The maximum absolute atomic E-state index is 12.6. The number of methoxy groups -OCH3 is 1. The molecule has 2 aromatic carbocycles. The van der Waals surface area contributed by atoms with Crippen molar-refractivity contribution in [2.75, 3.05) is 20.3 Å². The van der Waals surface area contributed by atoms with Crippen LogP contribution >= 0.6 is 0 Å². The van der Waals surface area contributed by atoms with Gasteiger partial charge in [0.2, 0.25) is 0 Å². The summed E-state index contributed by atoms with van der Waals surface area (Å²) in [4.78, 5) is 48.5. The predicted octanol–water partition coefficient (Wildman–Crippen LogP) is 2.07. The third-order valence-corrected chi connectivity index (χ3v) is 4.89. The summed E-state index contributed by atoms with van der Waals surface area (Å²) >= 11 is 0. The molecule has 0 saturated heterocycles. The third kappa shape index (κ3) is 6.27. The number of carbonyl (C=O) groups is 3. The highest BCUT2D eigenvalue weighted by atomic mass is 16.6. The van der Waals surface area contributed by atoms with E-state index in [9.17, 15) is 24.5 Å². The largest absolute Gasteiger partial charge is 0.497 e. The van der Waals surface area contributed by atoms with Crippen LogP contribution in [0.3, 0.4) is 0 Å². The first-order chi connectivity index (χ1) is 15.4. The minimum atomic E-state index is -0.780. The lowest BCUT2D eigenvalue weighted by molar-refractivity contribution is -0.384. The summed E-state index contributed by atoms with van der Waals surface area (Å²) in [7, 11) is 1.58. The van der Waals surface area contributed by atoms with Gasteiger partial charge in [0.05, 0.1) is 12.0 Å². The Balaban J connectivity index is 1.47. The molecule has 0 aliphatic heterocycles. The number of nitrogens with zero attached hydrogens (tertiary/aromatic N) is 2. The minimum Gasteiger partial charge on any atom is -0.497 e. The van der Waals surface area contributed by atoms with Gasteiger partial charge in [0.1, 0.15) is 12.3 Å². The fraction of sp³-hybridized carbons (Fsp3) is 0.318. The summed E-state index contributed by atoms with van der Waals surface area (Å²) in [6.45, 7) is -0.497. The zero-order valence-electron chi connectivity index (χ0n) is 17.5. The van der Waals surface area contributed by atoms with E-state index in [1.54, 1.807) is 12.0 Å². The van der Waals surface area contributed by atoms with E-state index in [1.165, 1.54) is 18.2 Å². The molecule has 10 heteroatoms. The van der Waals surface area contributed by atoms with E-state index in [-0.39, 0.29) is 23.2 Å². The van der Waals surface area contributed by atoms with E-state index in [0.29, 0.717) is 6.54 Å². The first-order valence-corrected chi connectivity index (χ1v) is 9.98. The Bertz CT molecular complexity index is 1000. The summed E-state index contributed by atoms with van der Waals surface area (Å²) < 4.78 is 10.1. The molecule has 2 amide bonds. The monoisotopic (exact) mass is 441 g/mol. The van der Waals surface area contributed by atoms with Gasteiger partial charge in [-0.15, -0.1) is 0 Å². The highest BCUT2D eigenvalue weighted by Crippen LogP contribution is 2.28. The standard InChI is InChI=1S/C22H23N3O7/c1-31-19-9-5-15(6-10-19)13-24(17-7-8-17)20(26)14-32-21(27)12-23-22(28)16-3-2-4-18(11-16)25(29)30/h2-6,9-11,17H,7-8,12-14H2,1H3,(H,23,28). The normalized spacial score (nSPS) is 12.5. The van der Waals surface area contributed by atoms with Crippen molar-refractivity contribution in [3.63, 3.8) is 0 Å². The number of nitro benzene ring substituents is 1. The van der Waals surface area contributed by atoms with Crippen LogP contribution in [0.4, 0.5) is 5.69 Å². The Morgan fingerprint density at radius 1 is 1.16 bits per heavy atom. The van der Waals surface area contributed by atoms with Gasteiger partial charge in [-0.3, -0.25) is 24.5 Å². The van der Waals surface area contributed by atoms with Crippen molar-refractivity contribution in [2.45, 2.75) is 25.4 Å². The molecule has 32 heavy (non-hydrogen) atoms. The topological polar surface area (TPSA) is 128 Å². The smallest absolute Gasteiger partial charge is 0.325 e. The fourth-order valence-electron chi connectivity index (χ4n) is 3.03. The molecule has 1 fully saturated rings. The molecular formula is C22H23N3O7. The van der Waals surface area contributed by atoms with Crippen LogP contribution in [0.1, 0.15) is 28.8 Å². The van der Waals surface area contributed by atoms with Crippen molar-refractivity contribution in [3.05, 3.63) is 69.8 Å². The highest BCUT2D eigenvalue weighted by molar-refractivity contribution is 5.96. The van der Waals surface area contributed by atoms with Crippen LogP contribution in [0.25, 0.3) is 0 Å². The molecule has 3 rings (SSSR count). The summed E-state index contributed by atoms with van der Waals surface area (Å²) in [5.74, 6) is -1.03. The average molecular weight is 441 g/mol. The van der Waals surface area contributed by atoms with Crippen molar-refractivity contribution in [1.82, 2.24) is 10.2 Å². The van der Waals surface area contributed by atoms with Crippen molar-refractivity contribution in [2.24, 2.45) is 0 Å². The second-order valence-electron chi connectivity index (χ2n) is 7.25. The van der Waals surface area contributed by atoms with Crippen LogP contribution in [-0.2, 0) is 20.9 Å². The lowest BCUT2D eigenvalue weighted by Gasteiger charge is -2.22. The van der Waals surface area contributed by atoms with Gasteiger partial charge in [-0.05, 0) is 36.6 Å². The molecule has 1 saturated carbocycles. The molecule has 0 spiro atoms. The van der Waals surface area contributed by atoms with Gasteiger partial charge in [0.25, 0.3) is 17.5 Å². The molecule has 0 unspecified atom stereocenters. The second-order valence-corrected chi connectivity index (χ2v) is 7.25. The molecule has 0 radical (unpaired) electrons. The van der Waals surface area contributed by atoms with E-state index < -0.39 is 30.0 Å². The Labute approximate surface area is 184 Å². The molecular weight excluding hydrogens is 418 g/mol. The SMILES string of the molecule is COc1ccc(CN(C(=O)COC(=O)CNC(=O)c2cccc([N+](=O)[O-])c2)C2CC2)cc1. The Morgan fingerprint density at radius 3 is 2.50 bits per heavy atom. The number of benzene rings is 2. The van der Waals surface area contributed by atoms with Gasteiger partial charge in [0.15, 0.2) is 6.61 Å². The van der Waals surface area contributed by atoms with E-state index in [1.807, 2.05) is 24.3 Å². The van der Waals surface area contributed by atoms with Crippen molar-refractivity contribution < 1.29 is 28.8 Å². The summed E-state index contributed by atoms with van der Waals surface area (Å²) in [6.07, 6.45) is 1.80. The molecule has 10 nitrogen and oxygen atoms in total. The molecule has 168 valence electrons. The quantitative estimate of drug-likeness (QED) is 0.339. The van der Waals surface area contributed by atoms with E-state index in [2.05, 4.69) is 5.32 Å². The molecule has 0 heterocycles. The van der Waals surface area contributed by atoms with Crippen LogP contribution in [0.2, 0.25) is 0 Å². The Kier molecular flexibility index (Phi) is 7.37. The Hall–Kier alpha value is -3.95. The number of hydrogen-bond acceptors (Lipinski definition) is 7. The summed E-state index contributed by atoms with van der Waals surface area (Å²) in [5.41, 5.74) is 0.743. The molecule has 1 aliphatic rings. The van der Waals surface area contributed by atoms with Crippen molar-refractivity contribution >= 4 is 23.5 Å². The lowest BCUT2D eigenvalue weighted by atomic mass is 10.2. The zero-order chi connectivity index (χ0) is 23.1. The average Bonchev–Trinajstić information content (AvgIpc) is 3.65. The van der Waals surface area contributed by atoms with Gasteiger partial charge >= 0.3 is 5.97 Å². The van der Waals surface area contributed by atoms with Crippen molar-refractivity contribution in [1.29, 1.82) is 0 Å². The number of nitrogens with one attached hydrogen (secondary N) is 1. The van der Waals surface area contributed by atoms with Gasteiger partial charge in [-0.25, -0.2) is 0 Å². The van der Waals surface area contributed by atoms with Gasteiger partial charge in [0, 0.05) is 30.3 Å². The van der Waals surface area contributed by atoms with Gasteiger partial charge in [-0.2, -0.15) is 0 Å². The zero-order valence-corrected chi connectivity index (χ0v) is 17.5. The van der Waals surface area contributed by atoms with Crippen LogP contribution in [0, 0.1) is 10.1 Å². The van der Waals surface area contributed by atoms with Crippen LogP contribution in [0.15, 0.2) is 48.5 Å². The summed E-state index contributed by atoms with van der Waals surface area (Å²) in [5, 5.41) is 13.1. The van der Waals surface area contributed by atoms with Crippen molar-refractivity contribution in [3.8, 4) is 5.75 Å². The molecule has 1 aliphatic carbocycles. The molecule has 0 atom stereocenters. The minimum absolute atomic E-state index is 0.0440. The number of non-ortho nitro benzene ring substituents is 1. The number of hydrogen-bond donors (Lipinski definition) is 1. The number of carbonyl (C=O) groups excluding carboxylic acids is 3.